The molecule has 0 amide bonds. The molecule has 1 aliphatic rings. The number of nitrogens with one attached hydrogen (secondary N) is 1. The van der Waals surface area contributed by atoms with Crippen molar-refractivity contribution in [2.45, 2.75) is 32.2 Å². The number of hydrogen-bond donors (Lipinski definition) is 1. The quantitative estimate of drug-likeness (QED) is 0.874. The molecular weight excluding hydrogens is 329 g/mol. The van der Waals surface area contributed by atoms with E-state index in [0.29, 0.717) is 25.1 Å². The second-order valence-corrected chi connectivity index (χ2v) is 6.11. The van der Waals surface area contributed by atoms with E-state index in [0.717, 1.165) is 29.0 Å². The van der Waals surface area contributed by atoms with Gasteiger partial charge in [-0.1, -0.05) is 47.6 Å². The van der Waals surface area contributed by atoms with Crippen LogP contribution in [0.15, 0.2) is 53.7 Å². The molecule has 0 spiro atoms. The van der Waals surface area contributed by atoms with Gasteiger partial charge in [0, 0.05) is 25.1 Å². The Hall–Kier alpha value is -2.34. The van der Waals surface area contributed by atoms with Gasteiger partial charge in [0.15, 0.2) is 0 Å². The molecule has 2 aromatic carbocycles. The third-order valence-electron chi connectivity index (χ3n) is 4.14. The molecule has 1 heterocycles. The minimum Gasteiger partial charge on any atom is -0.390 e. The minimum atomic E-state index is -4.32. The average molecular weight is 348 g/mol. The predicted molar refractivity (Wildman–Crippen MR) is 90.4 cm³/mol. The summed E-state index contributed by atoms with van der Waals surface area (Å²) in [5.74, 6) is 0. The maximum absolute atomic E-state index is 12.7. The number of rotatable bonds is 5. The molecule has 0 aromatic heterocycles. The molecule has 3 rings (SSSR count). The van der Waals surface area contributed by atoms with Crippen LogP contribution in [0.3, 0.4) is 0 Å². The van der Waals surface area contributed by atoms with Crippen molar-refractivity contribution in [3.05, 3.63) is 70.8 Å². The van der Waals surface area contributed by atoms with Crippen molar-refractivity contribution >= 4 is 5.71 Å². The second-order valence-electron chi connectivity index (χ2n) is 6.11. The monoisotopic (exact) mass is 348 g/mol. The molecule has 3 nitrogen and oxygen atoms in total. The van der Waals surface area contributed by atoms with Gasteiger partial charge < -0.3 is 10.2 Å². The van der Waals surface area contributed by atoms with Gasteiger partial charge in [0.25, 0.3) is 0 Å². The summed E-state index contributed by atoms with van der Waals surface area (Å²) in [4.78, 5) is 5.44. The van der Waals surface area contributed by atoms with E-state index in [9.17, 15) is 13.2 Å². The number of nitrogens with zero attached hydrogens (tertiary/aromatic N) is 1. The molecule has 0 saturated heterocycles. The fourth-order valence-electron chi connectivity index (χ4n) is 2.83. The third kappa shape index (κ3) is 4.39. The van der Waals surface area contributed by atoms with E-state index in [-0.39, 0.29) is 6.10 Å². The highest BCUT2D eigenvalue weighted by Crippen LogP contribution is 2.29. The lowest BCUT2D eigenvalue weighted by atomic mass is 10.0. The van der Waals surface area contributed by atoms with Gasteiger partial charge in [-0.3, -0.25) is 0 Å². The molecule has 25 heavy (non-hydrogen) atoms. The van der Waals surface area contributed by atoms with Crippen molar-refractivity contribution in [3.8, 4) is 0 Å². The standard InChI is InChI=1S/C19H19F3N2O/c1-13-5-2-3-8-17(13)18-10-16(25-24-18)12-23-11-14-6-4-7-15(9-14)19(20,21)22/h2-9,16,23H,10-12H2,1H3. The SMILES string of the molecule is Cc1ccccc1C1=NOC(CNCc2cccc(C(F)(F)F)c2)C1. The van der Waals surface area contributed by atoms with Crippen LogP contribution in [-0.2, 0) is 17.6 Å². The summed E-state index contributed by atoms with van der Waals surface area (Å²) in [5, 5.41) is 7.29. The Morgan fingerprint density at radius 3 is 2.72 bits per heavy atom. The lowest BCUT2D eigenvalue weighted by molar-refractivity contribution is -0.137. The smallest absolute Gasteiger partial charge is 0.390 e. The van der Waals surface area contributed by atoms with E-state index in [1.165, 1.54) is 6.07 Å². The van der Waals surface area contributed by atoms with Crippen molar-refractivity contribution in [2.75, 3.05) is 6.54 Å². The van der Waals surface area contributed by atoms with Crippen molar-refractivity contribution in [3.63, 3.8) is 0 Å². The first-order chi connectivity index (χ1) is 11.9. The van der Waals surface area contributed by atoms with Crippen LogP contribution in [0.2, 0.25) is 0 Å². The van der Waals surface area contributed by atoms with Crippen LogP contribution < -0.4 is 5.32 Å². The molecular formula is C19H19F3N2O. The van der Waals surface area contributed by atoms with Gasteiger partial charge in [0.1, 0.15) is 6.10 Å². The maximum atomic E-state index is 12.7. The van der Waals surface area contributed by atoms with E-state index in [2.05, 4.69) is 10.5 Å². The van der Waals surface area contributed by atoms with Gasteiger partial charge in [-0.15, -0.1) is 0 Å². The highest BCUT2D eigenvalue weighted by atomic mass is 19.4. The fraction of sp³-hybridized carbons (Fsp3) is 0.316. The highest BCUT2D eigenvalue weighted by Gasteiger charge is 2.30. The summed E-state index contributed by atoms with van der Waals surface area (Å²) in [5.41, 5.74) is 3.08. The second kappa shape index (κ2) is 7.27. The topological polar surface area (TPSA) is 33.6 Å². The number of benzene rings is 2. The third-order valence-corrected chi connectivity index (χ3v) is 4.14. The molecule has 1 atom stereocenters. The van der Waals surface area contributed by atoms with Crippen LogP contribution in [-0.4, -0.2) is 18.4 Å². The Kier molecular flexibility index (Phi) is 5.08. The Morgan fingerprint density at radius 2 is 1.96 bits per heavy atom. The minimum absolute atomic E-state index is 0.111. The van der Waals surface area contributed by atoms with Crippen molar-refractivity contribution in [1.82, 2.24) is 5.32 Å². The molecule has 0 saturated carbocycles. The molecule has 1 aliphatic heterocycles. The summed E-state index contributed by atoms with van der Waals surface area (Å²) in [6, 6.07) is 13.3. The molecule has 0 fully saturated rings. The maximum Gasteiger partial charge on any atom is 0.416 e. The van der Waals surface area contributed by atoms with Crippen LogP contribution in [0.1, 0.15) is 28.7 Å². The summed E-state index contributed by atoms with van der Waals surface area (Å²) < 4.78 is 38.2. The van der Waals surface area contributed by atoms with Gasteiger partial charge in [-0.05, 0) is 24.1 Å². The molecule has 1 N–H and O–H groups in total. The van der Waals surface area contributed by atoms with E-state index < -0.39 is 11.7 Å². The van der Waals surface area contributed by atoms with Crippen LogP contribution in [0.5, 0.6) is 0 Å². The van der Waals surface area contributed by atoms with Crippen LogP contribution in [0, 0.1) is 6.92 Å². The fourth-order valence-corrected chi connectivity index (χ4v) is 2.83. The van der Waals surface area contributed by atoms with Crippen LogP contribution >= 0.6 is 0 Å². The van der Waals surface area contributed by atoms with E-state index in [1.54, 1.807) is 6.07 Å². The van der Waals surface area contributed by atoms with Crippen molar-refractivity contribution in [1.29, 1.82) is 0 Å². The van der Waals surface area contributed by atoms with Gasteiger partial charge in [-0.25, -0.2) is 0 Å². The molecule has 0 aliphatic carbocycles. The number of hydrogen-bond acceptors (Lipinski definition) is 3. The number of oxime groups is 1. The lowest BCUT2D eigenvalue weighted by Gasteiger charge is -2.12. The molecule has 0 radical (unpaired) electrons. The van der Waals surface area contributed by atoms with Crippen LogP contribution in [0.25, 0.3) is 0 Å². The largest absolute Gasteiger partial charge is 0.416 e. The number of halogens is 3. The molecule has 132 valence electrons. The molecule has 1 unspecified atom stereocenters. The zero-order valence-electron chi connectivity index (χ0n) is 13.8. The molecule has 6 heteroatoms. The van der Waals surface area contributed by atoms with E-state index in [1.807, 2.05) is 31.2 Å². The summed E-state index contributed by atoms with van der Waals surface area (Å²) in [6.07, 6.45) is -3.75. The first kappa shape index (κ1) is 17.5. The first-order valence-corrected chi connectivity index (χ1v) is 8.09. The lowest BCUT2D eigenvalue weighted by Crippen LogP contribution is -2.27. The van der Waals surface area contributed by atoms with Gasteiger partial charge >= 0.3 is 6.18 Å². The van der Waals surface area contributed by atoms with E-state index >= 15 is 0 Å². The highest BCUT2D eigenvalue weighted by molar-refractivity contribution is 6.02. The Balaban J connectivity index is 1.51. The average Bonchev–Trinajstić information content (AvgIpc) is 3.03. The van der Waals surface area contributed by atoms with Gasteiger partial charge in [0.2, 0.25) is 0 Å². The summed E-state index contributed by atoms with van der Waals surface area (Å²) >= 11 is 0. The molecule has 2 aromatic rings. The predicted octanol–water partition coefficient (Wildman–Crippen LogP) is 4.30. The summed E-state index contributed by atoms with van der Waals surface area (Å²) in [7, 11) is 0. The van der Waals surface area contributed by atoms with Crippen molar-refractivity contribution < 1.29 is 18.0 Å². The Bertz CT molecular complexity index is 771. The zero-order chi connectivity index (χ0) is 17.9. The Labute approximate surface area is 144 Å². The zero-order valence-corrected chi connectivity index (χ0v) is 13.8. The summed E-state index contributed by atoms with van der Waals surface area (Å²) in [6.45, 7) is 2.90. The number of alkyl halides is 3. The Morgan fingerprint density at radius 1 is 1.16 bits per heavy atom. The normalized spacial score (nSPS) is 17.3. The molecule has 0 bridgehead atoms. The first-order valence-electron chi connectivity index (χ1n) is 8.09. The van der Waals surface area contributed by atoms with Gasteiger partial charge in [0.05, 0.1) is 11.3 Å². The number of aryl methyl sites for hydroxylation is 1. The van der Waals surface area contributed by atoms with E-state index in [4.69, 9.17) is 4.84 Å². The van der Waals surface area contributed by atoms with Crippen LogP contribution in [0.4, 0.5) is 13.2 Å². The van der Waals surface area contributed by atoms with Gasteiger partial charge in [-0.2, -0.15) is 13.2 Å². The van der Waals surface area contributed by atoms with Crippen molar-refractivity contribution in [2.24, 2.45) is 5.16 Å².